The number of amides is 1. The third-order valence-electron chi connectivity index (χ3n) is 9.28. The topological polar surface area (TPSA) is 94.1 Å². The monoisotopic (exact) mass is 774 g/mol. The molecule has 9 nitrogen and oxygen atoms in total. The zero-order valence-corrected chi connectivity index (χ0v) is 30.6. The maximum absolute atomic E-state index is 13.9. The first-order chi connectivity index (χ1) is 25.6. The van der Waals surface area contributed by atoms with E-state index in [0.29, 0.717) is 40.2 Å². The molecule has 2 saturated heterocycles. The van der Waals surface area contributed by atoms with Crippen molar-refractivity contribution in [2.45, 2.75) is 77.4 Å². The summed E-state index contributed by atoms with van der Waals surface area (Å²) in [5.41, 5.74) is -0.698. The summed E-state index contributed by atoms with van der Waals surface area (Å²) in [7, 11) is 1.41. The van der Waals surface area contributed by atoms with Crippen LogP contribution in [0.25, 0.3) is 22.3 Å². The number of cyclic esters (lactones) is 1. The minimum absolute atomic E-state index is 0.00851. The Kier molecular flexibility index (Phi) is 10.2. The van der Waals surface area contributed by atoms with Crippen molar-refractivity contribution in [3.63, 3.8) is 0 Å². The van der Waals surface area contributed by atoms with Crippen LogP contribution in [0.5, 0.6) is 5.88 Å². The number of carbonyl (C=O) groups is 2. The Labute approximate surface area is 312 Å². The number of aromatic nitrogens is 2. The molecule has 16 heteroatoms. The van der Waals surface area contributed by atoms with Crippen LogP contribution in [0.4, 0.5) is 41.3 Å². The lowest BCUT2D eigenvalue weighted by atomic mass is 9.95. The van der Waals surface area contributed by atoms with Crippen LogP contribution in [0.3, 0.4) is 0 Å². The average molecular weight is 775 g/mol. The van der Waals surface area contributed by atoms with E-state index in [2.05, 4.69) is 4.98 Å². The molecule has 0 bridgehead atoms. The fourth-order valence-corrected chi connectivity index (χ4v) is 6.51. The second-order valence-corrected chi connectivity index (χ2v) is 14.5. The van der Waals surface area contributed by atoms with E-state index in [-0.39, 0.29) is 37.3 Å². The van der Waals surface area contributed by atoms with E-state index in [1.807, 2.05) is 6.92 Å². The molecule has 0 radical (unpaired) electrons. The highest BCUT2D eigenvalue weighted by molar-refractivity contribution is 5.91. The lowest BCUT2D eigenvalue weighted by molar-refractivity contribution is -0.143. The summed E-state index contributed by atoms with van der Waals surface area (Å²) in [4.78, 5) is 38.2. The highest BCUT2D eigenvalue weighted by Gasteiger charge is 2.44. The van der Waals surface area contributed by atoms with Crippen LogP contribution in [0, 0.1) is 6.92 Å². The lowest BCUT2D eigenvalue weighted by Gasteiger charge is -2.36. The molecule has 0 N–H and O–H groups in total. The number of halogens is 7. The molecule has 55 heavy (non-hydrogen) atoms. The molecule has 2 fully saturated rings. The molecule has 0 saturated carbocycles. The molecule has 2 aliphatic heterocycles. The van der Waals surface area contributed by atoms with Gasteiger partial charge in [-0.1, -0.05) is 6.07 Å². The molecular weight excluding hydrogens is 737 g/mol. The number of alkyl halides is 7. The van der Waals surface area contributed by atoms with Gasteiger partial charge in [-0.3, -0.25) is 4.90 Å². The molecular formula is C39H37F7N4O5. The van der Waals surface area contributed by atoms with Gasteiger partial charge in [-0.25, -0.2) is 23.9 Å². The van der Waals surface area contributed by atoms with Gasteiger partial charge >= 0.3 is 24.4 Å². The van der Waals surface area contributed by atoms with Crippen LogP contribution in [-0.4, -0.2) is 64.9 Å². The number of hydrogen-bond acceptors (Lipinski definition) is 8. The number of esters is 1. The molecule has 2 aromatic carbocycles. The van der Waals surface area contributed by atoms with E-state index in [1.54, 1.807) is 68.3 Å². The Balaban J connectivity index is 1.39. The molecule has 292 valence electrons. The summed E-state index contributed by atoms with van der Waals surface area (Å²) in [5, 5.41) is 0. The highest BCUT2D eigenvalue weighted by atomic mass is 19.4. The SMILES string of the molecule is COc1ncc(-c2ccc(C(=O)OC(C)(C)C)cc2C)cc1-c1ccc(N2CC(F)C2)nc1CN1C(=O)O[C@H](c2cc(C(F)(F)F)cc(C(F)(F)F)c2)[C@@H]1C. The van der Waals surface area contributed by atoms with Gasteiger partial charge < -0.3 is 19.1 Å². The van der Waals surface area contributed by atoms with Gasteiger partial charge in [0.1, 0.15) is 23.7 Å². The van der Waals surface area contributed by atoms with E-state index in [0.717, 1.165) is 16.0 Å². The van der Waals surface area contributed by atoms with Crippen LogP contribution in [0.1, 0.15) is 72.1 Å². The van der Waals surface area contributed by atoms with Gasteiger partial charge in [-0.2, -0.15) is 26.3 Å². The van der Waals surface area contributed by atoms with Crippen molar-refractivity contribution in [3.8, 4) is 28.1 Å². The first-order valence-electron chi connectivity index (χ1n) is 17.2. The summed E-state index contributed by atoms with van der Waals surface area (Å²) < 4.78 is 113. The lowest BCUT2D eigenvalue weighted by Crippen LogP contribution is -2.49. The third-order valence-corrected chi connectivity index (χ3v) is 9.28. The number of methoxy groups -OCH3 is 1. The number of anilines is 1. The molecule has 4 aromatic rings. The molecule has 2 atom stereocenters. The van der Waals surface area contributed by atoms with E-state index in [9.17, 15) is 40.3 Å². The predicted octanol–water partition coefficient (Wildman–Crippen LogP) is 9.36. The summed E-state index contributed by atoms with van der Waals surface area (Å²) in [6.07, 6.45) is -12.2. The van der Waals surface area contributed by atoms with Crippen molar-refractivity contribution in [2.24, 2.45) is 0 Å². The summed E-state index contributed by atoms with van der Waals surface area (Å²) in [6.45, 7) is 8.42. The van der Waals surface area contributed by atoms with E-state index >= 15 is 0 Å². The van der Waals surface area contributed by atoms with Crippen molar-refractivity contribution in [1.29, 1.82) is 0 Å². The summed E-state index contributed by atoms with van der Waals surface area (Å²) in [5.74, 6) is 0.0706. The normalized spacial score (nSPS) is 17.9. The van der Waals surface area contributed by atoms with Crippen molar-refractivity contribution >= 4 is 17.9 Å². The van der Waals surface area contributed by atoms with Crippen LogP contribution in [0.2, 0.25) is 0 Å². The predicted molar refractivity (Wildman–Crippen MR) is 187 cm³/mol. The standard InChI is InChI=1S/C39H37F7N4O5/c1-20-11-22(35(51)55-37(3,4)5)7-8-28(20)24-14-30(34(53-6)47-16-24)29-9-10-32(49-17-27(40)18-49)48-31(29)19-50-21(2)33(54-36(50)52)23-12-25(38(41,42)43)15-26(13-23)39(44,45)46/h7-16,21,27,33H,17-19H2,1-6H3/t21-,33-/m0/s1. The smallest absolute Gasteiger partial charge is 0.416 e. The first-order valence-corrected chi connectivity index (χ1v) is 17.2. The molecule has 0 spiro atoms. The Hall–Kier alpha value is -5.41. The molecule has 6 rings (SSSR count). The number of carbonyl (C=O) groups excluding carboxylic acids is 2. The largest absolute Gasteiger partial charge is 0.481 e. The van der Waals surface area contributed by atoms with Crippen molar-refractivity contribution in [2.75, 3.05) is 25.1 Å². The van der Waals surface area contributed by atoms with Crippen LogP contribution < -0.4 is 9.64 Å². The number of ether oxygens (including phenoxy) is 3. The van der Waals surface area contributed by atoms with Crippen molar-refractivity contribution in [1.82, 2.24) is 14.9 Å². The van der Waals surface area contributed by atoms with E-state index in [1.165, 1.54) is 14.0 Å². The van der Waals surface area contributed by atoms with Gasteiger partial charge in [0.05, 0.1) is 55.2 Å². The number of benzene rings is 2. The minimum atomic E-state index is -5.10. The van der Waals surface area contributed by atoms with Gasteiger partial charge in [0.25, 0.3) is 0 Å². The van der Waals surface area contributed by atoms with Gasteiger partial charge in [0.2, 0.25) is 5.88 Å². The van der Waals surface area contributed by atoms with Gasteiger partial charge in [0, 0.05) is 22.9 Å². The van der Waals surface area contributed by atoms with E-state index in [4.69, 9.17) is 19.2 Å². The van der Waals surface area contributed by atoms with Crippen LogP contribution in [0.15, 0.2) is 60.8 Å². The molecule has 0 unspecified atom stereocenters. The average Bonchev–Trinajstić information content (AvgIpc) is 3.36. The minimum Gasteiger partial charge on any atom is -0.481 e. The number of hydrogen-bond donors (Lipinski definition) is 0. The molecule has 4 heterocycles. The van der Waals surface area contributed by atoms with Crippen molar-refractivity contribution in [3.05, 3.63) is 94.3 Å². The fourth-order valence-electron chi connectivity index (χ4n) is 6.51. The third kappa shape index (κ3) is 8.32. The zero-order chi connectivity index (χ0) is 40.2. The van der Waals surface area contributed by atoms with Gasteiger partial charge in [0.15, 0.2) is 0 Å². The molecule has 2 aromatic heterocycles. The maximum Gasteiger partial charge on any atom is 0.416 e. The highest BCUT2D eigenvalue weighted by Crippen LogP contribution is 2.42. The summed E-state index contributed by atoms with van der Waals surface area (Å²) in [6, 6.07) is 10.2. The van der Waals surface area contributed by atoms with E-state index < -0.39 is 65.0 Å². The number of aryl methyl sites for hydroxylation is 1. The summed E-state index contributed by atoms with van der Waals surface area (Å²) >= 11 is 0. The van der Waals surface area contributed by atoms with Gasteiger partial charge in [-0.15, -0.1) is 0 Å². The quantitative estimate of drug-likeness (QED) is 0.129. The molecule has 0 aliphatic carbocycles. The molecule has 2 aliphatic rings. The second kappa shape index (κ2) is 14.3. The Morgan fingerprint density at radius 1 is 0.909 bits per heavy atom. The first kappa shape index (κ1) is 39.3. The van der Waals surface area contributed by atoms with Crippen LogP contribution in [-0.2, 0) is 28.4 Å². The fraction of sp³-hybridized carbons (Fsp3) is 0.385. The Morgan fingerprint density at radius 2 is 1.55 bits per heavy atom. The van der Waals surface area contributed by atoms with Crippen molar-refractivity contribution < 1.29 is 54.5 Å². The number of pyridine rings is 2. The van der Waals surface area contributed by atoms with Crippen LogP contribution >= 0.6 is 0 Å². The number of nitrogens with zero attached hydrogens (tertiary/aromatic N) is 4. The van der Waals surface area contributed by atoms with Gasteiger partial charge in [-0.05, 0) is 99.8 Å². The number of rotatable bonds is 8. The molecule has 1 amide bonds. The Morgan fingerprint density at radius 3 is 2.11 bits per heavy atom. The zero-order valence-electron chi connectivity index (χ0n) is 30.6. The second-order valence-electron chi connectivity index (χ2n) is 14.5. The Bertz CT molecular complexity index is 2090. The maximum atomic E-state index is 13.9.